The number of rotatable bonds is 5. The number of amides is 1. The fourth-order valence-corrected chi connectivity index (χ4v) is 3.15. The first-order valence-electron chi connectivity index (χ1n) is 8.08. The number of nitrogens with zero attached hydrogens (tertiary/aromatic N) is 5. The number of carbonyl (C=O) groups is 1. The van der Waals surface area contributed by atoms with E-state index in [0.29, 0.717) is 28.0 Å². The van der Waals surface area contributed by atoms with Crippen molar-refractivity contribution in [1.29, 1.82) is 0 Å². The lowest BCUT2D eigenvalue weighted by molar-refractivity contribution is 0.101. The van der Waals surface area contributed by atoms with E-state index in [1.807, 2.05) is 0 Å². The molecular formula is C18H13FN6O2S. The van der Waals surface area contributed by atoms with E-state index in [4.69, 9.17) is 4.74 Å². The maximum Gasteiger partial charge on any atom is 0.277 e. The molecule has 28 heavy (non-hydrogen) atoms. The third-order valence-electron chi connectivity index (χ3n) is 3.79. The van der Waals surface area contributed by atoms with Crippen molar-refractivity contribution in [1.82, 2.24) is 25.0 Å². The van der Waals surface area contributed by atoms with E-state index in [1.165, 1.54) is 40.4 Å². The first kappa shape index (κ1) is 17.7. The second-order valence-corrected chi connectivity index (χ2v) is 6.44. The summed E-state index contributed by atoms with van der Waals surface area (Å²) in [6.45, 7) is 0. The van der Waals surface area contributed by atoms with E-state index in [2.05, 4.69) is 25.6 Å². The summed E-state index contributed by atoms with van der Waals surface area (Å²) in [6.07, 6.45) is 2.90. The fourth-order valence-electron chi connectivity index (χ4n) is 2.45. The monoisotopic (exact) mass is 396 g/mol. The number of halogens is 1. The Bertz CT molecular complexity index is 1130. The topological polar surface area (TPSA) is 94.8 Å². The maximum absolute atomic E-state index is 13.5. The average Bonchev–Trinajstić information content (AvgIpc) is 3.38. The van der Waals surface area contributed by atoms with Crippen molar-refractivity contribution in [3.05, 3.63) is 65.7 Å². The Balaban J connectivity index is 1.54. The van der Waals surface area contributed by atoms with Gasteiger partial charge in [0.25, 0.3) is 5.91 Å². The summed E-state index contributed by atoms with van der Waals surface area (Å²) >= 11 is 1.26. The number of hydrogen-bond donors (Lipinski definition) is 1. The molecule has 0 unspecified atom stereocenters. The van der Waals surface area contributed by atoms with Crippen molar-refractivity contribution in [3.63, 3.8) is 0 Å². The number of methoxy groups -OCH3 is 1. The van der Waals surface area contributed by atoms with Crippen LogP contribution in [0.3, 0.4) is 0 Å². The van der Waals surface area contributed by atoms with E-state index in [1.54, 1.807) is 36.9 Å². The van der Waals surface area contributed by atoms with Crippen LogP contribution in [0.5, 0.6) is 5.75 Å². The minimum Gasteiger partial charge on any atom is -0.495 e. The second-order valence-electron chi connectivity index (χ2n) is 5.59. The van der Waals surface area contributed by atoms with E-state index < -0.39 is 11.7 Å². The number of thiazole rings is 1. The summed E-state index contributed by atoms with van der Waals surface area (Å²) in [4.78, 5) is 21.3. The largest absolute Gasteiger partial charge is 0.495 e. The molecule has 4 aromatic rings. The quantitative estimate of drug-likeness (QED) is 0.557. The average molecular weight is 396 g/mol. The predicted octanol–water partition coefficient (Wildman–Crippen LogP) is 3.19. The molecule has 0 aliphatic rings. The SMILES string of the molecule is COc1ccc(-c2csc(NC(=O)c3cnnn3-c3cccc(F)c3)n2)nc1. The summed E-state index contributed by atoms with van der Waals surface area (Å²) in [5.41, 5.74) is 1.83. The third kappa shape index (κ3) is 3.58. The molecule has 1 aromatic carbocycles. The van der Waals surface area contributed by atoms with Crippen LogP contribution in [0.1, 0.15) is 10.5 Å². The molecule has 3 heterocycles. The number of ether oxygens (including phenoxy) is 1. The van der Waals surface area contributed by atoms with Crippen molar-refractivity contribution < 1.29 is 13.9 Å². The molecular weight excluding hydrogens is 383 g/mol. The van der Waals surface area contributed by atoms with Gasteiger partial charge in [0.15, 0.2) is 10.8 Å². The van der Waals surface area contributed by atoms with E-state index in [0.717, 1.165) is 0 Å². The van der Waals surface area contributed by atoms with Crippen LogP contribution in [0.15, 0.2) is 54.2 Å². The van der Waals surface area contributed by atoms with Crippen molar-refractivity contribution in [3.8, 4) is 22.8 Å². The molecule has 4 rings (SSSR count). The molecule has 0 aliphatic heterocycles. The number of benzene rings is 1. The van der Waals surface area contributed by atoms with Gasteiger partial charge in [0.1, 0.15) is 17.3 Å². The molecule has 0 bridgehead atoms. The summed E-state index contributed by atoms with van der Waals surface area (Å²) in [6, 6.07) is 9.30. The van der Waals surface area contributed by atoms with Crippen molar-refractivity contribution in [2.45, 2.75) is 0 Å². The van der Waals surface area contributed by atoms with Gasteiger partial charge in [-0.1, -0.05) is 11.3 Å². The Hall–Kier alpha value is -3.66. The number of pyridine rings is 1. The van der Waals surface area contributed by atoms with Crippen LogP contribution in [0.2, 0.25) is 0 Å². The van der Waals surface area contributed by atoms with E-state index >= 15 is 0 Å². The third-order valence-corrected chi connectivity index (χ3v) is 4.55. The minimum atomic E-state index is -0.460. The molecule has 10 heteroatoms. The molecule has 1 N–H and O–H groups in total. The van der Waals surface area contributed by atoms with Gasteiger partial charge < -0.3 is 4.74 Å². The molecule has 0 spiro atoms. The summed E-state index contributed by atoms with van der Waals surface area (Å²) in [7, 11) is 1.57. The molecule has 0 atom stereocenters. The number of hydrogen-bond acceptors (Lipinski definition) is 7. The standard InChI is InChI=1S/C18H13FN6O2S/c1-27-13-5-6-14(20-8-13)15-10-28-18(22-15)23-17(26)16-9-21-24-25(16)12-4-2-3-11(19)7-12/h2-10H,1H3,(H,22,23,26). The Labute approximate surface area is 162 Å². The Morgan fingerprint density at radius 1 is 1.21 bits per heavy atom. The van der Waals surface area contributed by atoms with Gasteiger partial charge in [-0.3, -0.25) is 15.1 Å². The maximum atomic E-state index is 13.5. The van der Waals surface area contributed by atoms with Crippen LogP contribution >= 0.6 is 11.3 Å². The van der Waals surface area contributed by atoms with E-state index in [9.17, 15) is 9.18 Å². The van der Waals surface area contributed by atoms with Crippen LogP contribution in [-0.2, 0) is 0 Å². The van der Waals surface area contributed by atoms with Gasteiger partial charge in [0.2, 0.25) is 0 Å². The molecule has 140 valence electrons. The zero-order chi connectivity index (χ0) is 19.5. The first-order valence-corrected chi connectivity index (χ1v) is 8.96. The zero-order valence-electron chi connectivity index (χ0n) is 14.5. The van der Waals surface area contributed by atoms with Gasteiger partial charge in [-0.2, -0.15) is 0 Å². The van der Waals surface area contributed by atoms with Crippen molar-refractivity contribution in [2.24, 2.45) is 0 Å². The smallest absolute Gasteiger partial charge is 0.277 e. The van der Waals surface area contributed by atoms with Gasteiger partial charge in [-0.15, -0.1) is 16.4 Å². The number of nitrogens with one attached hydrogen (secondary N) is 1. The lowest BCUT2D eigenvalue weighted by atomic mass is 10.3. The predicted molar refractivity (Wildman–Crippen MR) is 101 cm³/mol. The summed E-state index contributed by atoms with van der Waals surface area (Å²) in [5, 5.41) is 12.5. The number of carbonyl (C=O) groups excluding carboxylic acids is 1. The highest BCUT2D eigenvalue weighted by molar-refractivity contribution is 7.14. The molecule has 0 saturated heterocycles. The lowest BCUT2D eigenvalue weighted by Gasteiger charge is -2.05. The second kappa shape index (κ2) is 7.53. The highest BCUT2D eigenvalue weighted by Crippen LogP contribution is 2.25. The fraction of sp³-hybridized carbons (Fsp3) is 0.0556. The van der Waals surface area contributed by atoms with Crippen molar-refractivity contribution in [2.75, 3.05) is 12.4 Å². The van der Waals surface area contributed by atoms with Gasteiger partial charge in [0.05, 0.1) is 30.9 Å². The van der Waals surface area contributed by atoms with Crippen LogP contribution in [0.4, 0.5) is 9.52 Å². The van der Waals surface area contributed by atoms with Crippen molar-refractivity contribution >= 4 is 22.4 Å². The van der Waals surface area contributed by atoms with Gasteiger partial charge in [-0.25, -0.2) is 14.1 Å². The molecule has 1 amide bonds. The Morgan fingerprint density at radius 3 is 2.86 bits per heavy atom. The van der Waals surface area contributed by atoms with E-state index in [-0.39, 0.29) is 5.69 Å². The van der Waals surface area contributed by atoms with Crippen LogP contribution in [0, 0.1) is 5.82 Å². The van der Waals surface area contributed by atoms with Gasteiger partial charge in [0, 0.05) is 5.38 Å². The molecule has 0 saturated carbocycles. The molecule has 0 aliphatic carbocycles. The zero-order valence-corrected chi connectivity index (χ0v) is 15.4. The van der Waals surface area contributed by atoms with Crippen LogP contribution in [0.25, 0.3) is 17.1 Å². The summed E-state index contributed by atoms with van der Waals surface area (Å²) < 4.78 is 19.8. The highest BCUT2D eigenvalue weighted by atomic mass is 32.1. The van der Waals surface area contributed by atoms with Gasteiger partial charge in [-0.05, 0) is 30.3 Å². The Kier molecular flexibility index (Phi) is 4.77. The number of anilines is 1. The van der Waals surface area contributed by atoms with Crippen LogP contribution in [-0.4, -0.2) is 38.0 Å². The Morgan fingerprint density at radius 2 is 2.11 bits per heavy atom. The van der Waals surface area contributed by atoms with Crippen LogP contribution < -0.4 is 10.1 Å². The molecule has 3 aromatic heterocycles. The van der Waals surface area contributed by atoms with Gasteiger partial charge >= 0.3 is 0 Å². The summed E-state index contributed by atoms with van der Waals surface area (Å²) in [5.74, 6) is -0.251. The molecule has 0 radical (unpaired) electrons. The first-order chi connectivity index (χ1) is 13.6. The molecule has 0 fully saturated rings. The molecule has 8 nitrogen and oxygen atoms in total. The highest BCUT2D eigenvalue weighted by Gasteiger charge is 2.17. The number of aromatic nitrogens is 5. The minimum absolute atomic E-state index is 0.157. The normalized spacial score (nSPS) is 10.6. The lowest BCUT2D eigenvalue weighted by Crippen LogP contribution is -2.17.